The van der Waals surface area contributed by atoms with Crippen molar-refractivity contribution in [2.75, 3.05) is 34.4 Å². The van der Waals surface area contributed by atoms with Gasteiger partial charge in [-0.2, -0.15) is 0 Å². The highest BCUT2D eigenvalue weighted by atomic mass is 16.5. The summed E-state index contributed by atoms with van der Waals surface area (Å²) in [4.78, 5) is 14.8. The Labute approximate surface area is 139 Å². The van der Waals surface area contributed by atoms with Gasteiger partial charge < -0.3 is 19.7 Å². The summed E-state index contributed by atoms with van der Waals surface area (Å²) in [5, 5.41) is 3.20. The van der Waals surface area contributed by atoms with Crippen molar-refractivity contribution in [3.63, 3.8) is 0 Å². The first-order valence-corrected chi connectivity index (χ1v) is 8.29. The molecule has 0 saturated carbocycles. The molecule has 0 aromatic heterocycles. The monoisotopic (exact) mass is 320 g/mol. The van der Waals surface area contributed by atoms with E-state index in [0.717, 1.165) is 37.9 Å². The molecule has 5 nitrogen and oxygen atoms in total. The van der Waals surface area contributed by atoms with Crippen molar-refractivity contribution < 1.29 is 14.3 Å². The summed E-state index contributed by atoms with van der Waals surface area (Å²) in [5.74, 6) is 1.63. The lowest BCUT2D eigenvalue weighted by Crippen LogP contribution is -2.42. The van der Waals surface area contributed by atoms with E-state index in [1.54, 1.807) is 14.2 Å². The SMILES string of the molecule is CC[C@@H](NC(=O)[C@H]1CCCN(C)C1)c1ccc(OC)c(OC)c1. The number of rotatable bonds is 6. The van der Waals surface area contributed by atoms with Crippen LogP contribution in [0, 0.1) is 5.92 Å². The number of carbonyl (C=O) groups excluding carboxylic acids is 1. The number of nitrogens with one attached hydrogen (secondary N) is 1. The first-order valence-electron chi connectivity index (χ1n) is 8.29. The van der Waals surface area contributed by atoms with Crippen molar-refractivity contribution >= 4 is 5.91 Å². The van der Waals surface area contributed by atoms with Crippen LogP contribution in [-0.2, 0) is 4.79 Å². The molecule has 0 aliphatic carbocycles. The highest BCUT2D eigenvalue weighted by molar-refractivity contribution is 5.79. The number of nitrogens with zero attached hydrogens (tertiary/aromatic N) is 1. The molecule has 128 valence electrons. The number of likely N-dealkylation sites (tertiary alicyclic amines) is 1. The van der Waals surface area contributed by atoms with Crippen molar-refractivity contribution in [1.29, 1.82) is 0 Å². The molecule has 1 N–H and O–H groups in total. The van der Waals surface area contributed by atoms with E-state index >= 15 is 0 Å². The zero-order valence-corrected chi connectivity index (χ0v) is 14.6. The standard InChI is InChI=1S/C18H28N2O3/c1-5-15(13-8-9-16(22-3)17(11-13)23-4)19-18(21)14-7-6-10-20(2)12-14/h8-9,11,14-15H,5-7,10,12H2,1-4H3,(H,19,21)/t14-,15+/m0/s1. The molecule has 1 saturated heterocycles. The normalized spacial score (nSPS) is 19.9. The fourth-order valence-corrected chi connectivity index (χ4v) is 3.16. The maximum absolute atomic E-state index is 12.6. The average molecular weight is 320 g/mol. The molecule has 0 radical (unpaired) electrons. The van der Waals surface area contributed by atoms with Gasteiger partial charge in [-0.3, -0.25) is 4.79 Å². The third-order valence-electron chi connectivity index (χ3n) is 4.53. The minimum Gasteiger partial charge on any atom is -0.493 e. The summed E-state index contributed by atoms with van der Waals surface area (Å²) < 4.78 is 10.6. The van der Waals surface area contributed by atoms with Crippen molar-refractivity contribution in [3.8, 4) is 11.5 Å². The maximum Gasteiger partial charge on any atom is 0.224 e. The Balaban J connectivity index is 2.08. The van der Waals surface area contributed by atoms with Crippen LogP contribution in [0.1, 0.15) is 37.8 Å². The molecule has 1 heterocycles. The number of amides is 1. The second-order valence-corrected chi connectivity index (χ2v) is 6.19. The summed E-state index contributed by atoms with van der Waals surface area (Å²) in [7, 11) is 5.32. The van der Waals surface area contributed by atoms with E-state index in [1.165, 1.54) is 0 Å². The molecule has 1 aliphatic rings. The van der Waals surface area contributed by atoms with Gasteiger partial charge in [0.2, 0.25) is 5.91 Å². The van der Waals surface area contributed by atoms with E-state index in [9.17, 15) is 4.79 Å². The molecular formula is C18H28N2O3. The topological polar surface area (TPSA) is 50.8 Å². The molecule has 1 aromatic carbocycles. The number of carbonyl (C=O) groups is 1. The maximum atomic E-state index is 12.6. The van der Waals surface area contributed by atoms with Crippen LogP contribution in [0.25, 0.3) is 0 Å². The zero-order chi connectivity index (χ0) is 16.8. The Morgan fingerprint density at radius 1 is 1.35 bits per heavy atom. The van der Waals surface area contributed by atoms with Crippen LogP contribution >= 0.6 is 0 Å². The van der Waals surface area contributed by atoms with Gasteiger partial charge in [0, 0.05) is 6.54 Å². The lowest BCUT2D eigenvalue weighted by Gasteiger charge is -2.30. The van der Waals surface area contributed by atoms with Crippen LogP contribution in [0.3, 0.4) is 0 Å². The van der Waals surface area contributed by atoms with Crippen molar-refractivity contribution in [2.24, 2.45) is 5.92 Å². The Hall–Kier alpha value is -1.75. The van der Waals surface area contributed by atoms with Gasteiger partial charge in [-0.05, 0) is 50.6 Å². The van der Waals surface area contributed by atoms with Gasteiger partial charge in [0.1, 0.15) is 0 Å². The minimum absolute atomic E-state index is 0.00506. The summed E-state index contributed by atoms with van der Waals surface area (Å²) >= 11 is 0. The highest BCUT2D eigenvalue weighted by Crippen LogP contribution is 2.31. The highest BCUT2D eigenvalue weighted by Gasteiger charge is 2.26. The molecule has 23 heavy (non-hydrogen) atoms. The van der Waals surface area contributed by atoms with Crippen molar-refractivity contribution in [2.45, 2.75) is 32.2 Å². The molecule has 1 aliphatic heterocycles. The van der Waals surface area contributed by atoms with E-state index in [-0.39, 0.29) is 17.9 Å². The van der Waals surface area contributed by atoms with Gasteiger partial charge in [0.05, 0.1) is 26.2 Å². The molecular weight excluding hydrogens is 292 g/mol. The van der Waals surface area contributed by atoms with Gasteiger partial charge in [0.15, 0.2) is 11.5 Å². The molecule has 1 amide bonds. The van der Waals surface area contributed by atoms with Crippen LogP contribution < -0.4 is 14.8 Å². The predicted molar refractivity (Wildman–Crippen MR) is 90.9 cm³/mol. The van der Waals surface area contributed by atoms with Crippen LogP contribution in [0.15, 0.2) is 18.2 Å². The molecule has 0 bridgehead atoms. The van der Waals surface area contributed by atoms with Gasteiger partial charge in [0.25, 0.3) is 0 Å². The molecule has 2 rings (SSSR count). The van der Waals surface area contributed by atoms with Gasteiger partial charge >= 0.3 is 0 Å². The zero-order valence-electron chi connectivity index (χ0n) is 14.6. The average Bonchev–Trinajstić information content (AvgIpc) is 2.58. The Bertz CT molecular complexity index is 533. The minimum atomic E-state index is -0.00506. The lowest BCUT2D eigenvalue weighted by atomic mass is 9.96. The number of hydrogen-bond acceptors (Lipinski definition) is 4. The molecule has 1 aromatic rings. The van der Waals surface area contributed by atoms with E-state index in [0.29, 0.717) is 11.5 Å². The molecule has 0 unspecified atom stereocenters. The fourth-order valence-electron chi connectivity index (χ4n) is 3.16. The second-order valence-electron chi connectivity index (χ2n) is 6.19. The Morgan fingerprint density at radius 3 is 2.70 bits per heavy atom. The van der Waals surface area contributed by atoms with Crippen LogP contribution in [0.4, 0.5) is 0 Å². The first-order chi connectivity index (χ1) is 11.1. The number of ether oxygens (including phenoxy) is 2. The molecule has 1 fully saturated rings. The van der Waals surface area contributed by atoms with Crippen LogP contribution in [-0.4, -0.2) is 45.2 Å². The first kappa shape index (κ1) is 17.6. The molecule has 0 spiro atoms. The van der Waals surface area contributed by atoms with E-state index in [2.05, 4.69) is 24.2 Å². The van der Waals surface area contributed by atoms with Crippen LogP contribution in [0.2, 0.25) is 0 Å². The summed E-state index contributed by atoms with van der Waals surface area (Å²) in [6.07, 6.45) is 2.89. The van der Waals surface area contributed by atoms with E-state index in [1.807, 2.05) is 18.2 Å². The third-order valence-corrected chi connectivity index (χ3v) is 4.53. The van der Waals surface area contributed by atoms with Gasteiger partial charge in [-0.15, -0.1) is 0 Å². The van der Waals surface area contributed by atoms with Crippen molar-refractivity contribution in [3.05, 3.63) is 23.8 Å². The summed E-state index contributed by atoms with van der Waals surface area (Å²) in [5.41, 5.74) is 1.04. The summed E-state index contributed by atoms with van der Waals surface area (Å²) in [6, 6.07) is 5.81. The number of methoxy groups -OCH3 is 2. The second kappa shape index (κ2) is 8.20. The van der Waals surface area contributed by atoms with Gasteiger partial charge in [-0.1, -0.05) is 13.0 Å². The predicted octanol–water partition coefficient (Wildman–Crippen LogP) is 2.61. The Morgan fingerprint density at radius 2 is 2.09 bits per heavy atom. The largest absolute Gasteiger partial charge is 0.493 e. The molecule has 2 atom stereocenters. The molecule has 5 heteroatoms. The lowest BCUT2D eigenvalue weighted by molar-refractivity contribution is -0.127. The van der Waals surface area contributed by atoms with E-state index in [4.69, 9.17) is 9.47 Å². The summed E-state index contributed by atoms with van der Waals surface area (Å²) in [6.45, 7) is 4.00. The quantitative estimate of drug-likeness (QED) is 0.875. The van der Waals surface area contributed by atoms with Crippen molar-refractivity contribution in [1.82, 2.24) is 10.2 Å². The number of hydrogen-bond donors (Lipinski definition) is 1. The van der Waals surface area contributed by atoms with Crippen LogP contribution in [0.5, 0.6) is 11.5 Å². The number of piperidine rings is 1. The third kappa shape index (κ3) is 4.38. The smallest absolute Gasteiger partial charge is 0.224 e. The number of benzene rings is 1. The fraction of sp³-hybridized carbons (Fsp3) is 0.611. The van der Waals surface area contributed by atoms with E-state index < -0.39 is 0 Å². The van der Waals surface area contributed by atoms with Gasteiger partial charge in [-0.25, -0.2) is 0 Å². The Kier molecular flexibility index (Phi) is 6.28.